The quantitative estimate of drug-likeness (QED) is 0.598. The fourth-order valence-electron chi connectivity index (χ4n) is 2.86. The molecule has 0 unspecified atom stereocenters. The molecule has 0 spiro atoms. The monoisotopic (exact) mass is 415 g/mol. The third-order valence-corrected chi connectivity index (χ3v) is 4.75. The molecule has 0 aliphatic carbocycles. The molecule has 0 fully saturated rings. The van der Waals surface area contributed by atoms with Crippen molar-refractivity contribution in [2.24, 2.45) is 0 Å². The first-order valence-electron chi connectivity index (χ1n) is 8.00. The van der Waals surface area contributed by atoms with E-state index in [1.165, 1.54) is 0 Å². The SMILES string of the molecule is Cc1c(CC(=O)[O-])c(=O)oc2c(C)c(OCc3cccc(Br)c3)ccc12. The molecule has 26 heavy (non-hydrogen) atoms. The largest absolute Gasteiger partial charge is 0.550 e. The number of aliphatic carboxylic acids is 1. The van der Waals surface area contributed by atoms with E-state index in [1.807, 2.05) is 24.3 Å². The highest BCUT2D eigenvalue weighted by molar-refractivity contribution is 9.10. The van der Waals surface area contributed by atoms with Crippen LogP contribution in [0.3, 0.4) is 0 Å². The molecular formula is C20H16BrO5-. The van der Waals surface area contributed by atoms with Gasteiger partial charge in [0.2, 0.25) is 0 Å². The molecule has 1 heterocycles. The molecule has 0 saturated carbocycles. The Balaban J connectivity index is 1.98. The topological polar surface area (TPSA) is 79.6 Å². The molecule has 134 valence electrons. The second-order valence-corrected chi connectivity index (χ2v) is 6.94. The second kappa shape index (κ2) is 7.33. The van der Waals surface area contributed by atoms with Gasteiger partial charge in [0.1, 0.15) is 17.9 Å². The van der Waals surface area contributed by atoms with Crippen LogP contribution >= 0.6 is 15.9 Å². The van der Waals surface area contributed by atoms with Crippen molar-refractivity contribution in [1.29, 1.82) is 0 Å². The van der Waals surface area contributed by atoms with Crippen LogP contribution in [-0.4, -0.2) is 5.97 Å². The van der Waals surface area contributed by atoms with Gasteiger partial charge < -0.3 is 19.1 Å². The Morgan fingerprint density at radius 3 is 2.65 bits per heavy atom. The zero-order chi connectivity index (χ0) is 18.8. The molecule has 0 aliphatic heterocycles. The first kappa shape index (κ1) is 18.2. The Morgan fingerprint density at radius 1 is 1.19 bits per heavy atom. The van der Waals surface area contributed by atoms with Gasteiger partial charge in [0.25, 0.3) is 0 Å². The number of ether oxygens (including phenoxy) is 1. The standard InChI is InChI=1S/C20H17BrO5/c1-11-15-6-7-17(25-10-13-4-3-5-14(21)8-13)12(2)19(15)26-20(24)16(11)9-18(22)23/h3-8H,9-10H2,1-2H3,(H,22,23)/p-1. The van der Waals surface area contributed by atoms with Gasteiger partial charge in [-0.15, -0.1) is 0 Å². The van der Waals surface area contributed by atoms with Crippen LogP contribution in [0.2, 0.25) is 0 Å². The zero-order valence-electron chi connectivity index (χ0n) is 14.3. The molecule has 1 aromatic heterocycles. The summed E-state index contributed by atoms with van der Waals surface area (Å²) in [6, 6.07) is 11.4. The molecule has 0 radical (unpaired) electrons. The normalized spacial score (nSPS) is 10.9. The Labute approximate surface area is 158 Å². The van der Waals surface area contributed by atoms with Crippen molar-refractivity contribution < 1.29 is 19.1 Å². The number of benzene rings is 2. The Kier molecular flexibility index (Phi) is 5.13. The Morgan fingerprint density at radius 2 is 1.96 bits per heavy atom. The highest BCUT2D eigenvalue weighted by atomic mass is 79.9. The fourth-order valence-corrected chi connectivity index (χ4v) is 3.31. The predicted molar refractivity (Wildman–Crippen MR) is 99.1 cm³/mol. The Hall–Kier alpha value is -2.60. The molecule has 0 saturated heterocycles. The number of hydrogen-bond donors (Lipinski definition) is 0. The maximum absolute atomic E-state index is 12.2. The summed E-state index contributed by atoms with van der Waals surface area (Å²) in [6.07, 6.45) is -0.468. The van der Waals surface area contributed by atoms with Gasteiger partial charge in [-0.3, -0.25) is 0 Å². The highest BCUT2D eigenvalue weighted by Crippen LogP contribution is 2.30. The number of hydrogen-bond acceptors (Lipinski definition) is 5. The van der Waals surface area contributed by atoms with Crippen LogP contribution in [0.1, 0.15) is 22.3 Å². The van der Waals surface area contributed by atoms with Gasteiger partial charge in [-0.05, 0) is 49.2 Å². The third-order valence-electron chi connectivity index (χ3n) is 4.26. The van der Waals surface area contributed by atoms with Crippen molar-refractivity contribution in [3.8, 4) is 5.75 Å². The summed E-state index contributed by atoms with van der Waals surface area (Å²) in [6.45, 7) is 3.89. The molecule has 0 aliphatic rings. The number of fused-ring (bicyclic) bond motifs is 1. The van der Waals surface area contributed by atoms with Crippen molar-refractivity contribution >= 4 is 32.9 Å². The number of carboxylic acids is 1. The lowest BCUT2D eigenvalue weighted by Gasteiger charge is -2.13. The summed E-state index contributed by atoms with van der Waals surface area (Å²) >= 11 is 3.42. The summed E-state index contributed by atoms with van der Waals surface area (Å²) in [7, 11) is 0. The predicted octanol–water partition coefficient (Wildman–Crippen LogP) is 3.04. The van der Waals surface area contributed by atoms with Crippen LogP contribution in [0.5, 0.6) is 5.75 Å². The van der Waals surface area contributed by atoms with E-state index in [1.54, 1.807) is 26.0 Å². The van der Waals surface area contributed by atoms with E-state index in [0.717, 1.165) is 10.0 Å². The number of rotatable bonds is 5. The molecule has 6 heteroatoms. The first-order valence-corrected chi connectivity index (χ1v) is 8.79. The summed E-state index contributed by atoms with van der Waals surface area (Å²) in [5, 5.41) is 11.5. The smallest absolute Gasteiger partial charge is 0.340 e. The molecule has 0 atom stereocenters. The summed E-state index contributed by atoms with van der Waals surface area (Å²) < 4.78 is 12.2. The molecule has 3 aromatic rings. The van der Waals surface area contributed by atoms with Crippen molar-refractivity contribution in [2.45, 2.75) is 26.9 Å². The molecule has 5 nitrogen and oxygen atoms in total. The van der Waals surface area contributed by atoms with Gasteiger partial charge in [-0.2, -0.15) is 0 Å². The number of carbonyl (C=O) groups excluding carboxylic acids is 1. The molecule has 3 rings (SSSR count). The number of aryl methyl sites for hydroxylation is 2. The average Bonchev–Trinajstić information content (AvgIpc) is 2.58. The molecule has 0 bridgehead atoms. The van der Waals surface area contributed by atoms with E-state index in [0.29, 0.717) is 34.5 Å². The fraction of sp³-hybridized carbons (Fsp3) is 0.200. The van der Waals surface area contributed by atoms with Crippen LogP contribution in [0, 0.1) is 13.8 Å². The van der Waals surface area contributed by atoms with E-state index >= 15 is 0 Å². The van der Waals surface area contributed by atoms with Crippen LogP contribution in [0.15, 0.2) is 50.1 Å². The van der Waals surface area contributed by atoms with Gasteiger partial charge in [-0.1, -0.05) is 28.1 Å². The third kappa shape index (κ3) is 3.65. The van der Waals surface area contributed by atoms with Crippen LogP contribution in [-0.2, 0) is 17.8 Å². The van der Waals surface area contributed by atoms with Crippen LogP contribution in [0.4, 0.5) is 0 Å². The minimum absolute atomic E-state index is 0.111. The number of carboxylic acid groups (broad SMARTS) is 1. The maximum atomic E-state index is 12.2. The van der Waals surface area contributed by atoms with E-state index in [2.05, 4.69) is 15.9 Å². The molecule has 0 N–H and O–H groups in total. The number of carbonyl (C=O) groups is 1. The average molecular weight is 416 g/mol. The van der Waals surface area contributed by atoms with Crippen LogP contribution in [0.25, 0.3) is 11.0 Å². The first-order chi connectivity index (χ1) is 12.4. The minimum atomic E-state index is -1.31. The summed E-state index contributed by atoms with van der Waals surface area (Å²) in [5.74, 6) is -0.710. The molecule has 0 amide bonds. The summed E-state index contributed by atoms with van der Waals surface area (Å²) in [5.41, 5.74) is 2.13. The zero-order valence-corrected chi connectivity index (χ0v) is 15.9. The Bertz CT molecular complexity index is 1050. The lowest BCUT2D eigenvalue weighted by atomic mass is 10.0. The van der Waals surface area contributed by atoms with Crippen molar-refractivity contribution in [3.63, 3.8) is 0 Å². The molecular weight excluding hydrogens is 400 g/mol. The van der Waals surface area contributed by atoms with Gasteiger partial charge in [0.15, 0.2) is 0 Å². The van der Waals surface area contributed by atoms with E-state index in [9.17, 15) is 14.7 Å². The lowest BCUT2D eigenvalue weighted by molar-refractivity contribution is -0.304. The minimum Gasteiger partial charge on any atom is -0.550 e. The van der Waals surface area contributed by atoms with Crippen molar-refractivity contribution in [3.05, 3.63) is 73.5 Å². The van der Waals surface area contributed by atoms with E-state index in [4.69, 9.17) is 9.15 Å². The van der Waals surface area contributed by atoms with Gasteiger partial charge in [0, 0.05) is 33.4 Å². The van der Waals surface area contributed by atoms with E-state index in [-0.39, 0.29) is 5.56 Å². The van der Waals surface area contributed by atoms with Crippen LogP contribution < -0.4 is 15.5 Å². The maximum Gasteiger partial charge on any atom is 0.340 e. The van der Waals surface area contributed by atoms with Gasteiger partial charge in [0.05, 0.1) is 0 Å². The lowest BCUT2D eigenvalue weighted by Crippen LogP contribution is -2.27. The summed E-state index contributed by atoms with van der Waals surface area (Å²) in [4.78, 5) is 23.0. The van der Waals surface area contributed by atoms with Gasteiger partial charge in [-0.25, -0.2) is 4.79 Å². The van der Waals surface area contributed by atoms with Crippen molar-refractivity contribution in [1.82, 2.24) is 0 Å². The van der Waals surface area contributed by atoms with E-state index < -0.39 is 18.0 Å². The second-order valence-electron chi connectivity index (χ2n) is 6.03. The van der Waals surface area contributed by atoms with Gasteiger partial charge >= 0.3 is 5.63 Å². The highest BCUT2D eigenvalue weighted by Gasteiger charge is 2.15. The van der Waals surface area contributed by atoms with Crippen molar-refractivity contribution in [2.75, 3.05) is 0 Å². The molecule has 2 aromatic carbocycles. The number of halogens is 1.